The van der Waals surface area contributed by atoms with Gasteiger partial charge in [0.1, 0.15) is 0 Å². The predicted molar refractivity (Wildman–Crippen MR) is 106 cm³/mol. The van der Waals surface area contributed by atoms with E-state index in [1.54, 1.807) is 0 Å². The highest BCUT2D eigenvalue weighted by Gasteiger charge is 2.18. The summed E-state index contributed by atoms with van der Waals surface area (Å²) in [5, 5.41) is 4.23. The fourth-order valence-corrected chi connectivity index (χ4v) is 5.52. The van der Waals surface area contributed by atoms with E-state index < -0.39 is 8.07 Å². The fraction of sp³-hybridized carbons (Fsp3) is 0.150. The van der Waals surface area contributed by atoms with Crippen LogP contribution in [-0.2, 0) is 0 Å². The van der Waals surface area contributed by atoms with Crippen molar-refractivity contribution in [3.05, 3.63) is 60.8 Å². The van der Waals surface area contributed by atoms with Gasteiger partial charge in [0.15, 0.2) is 0 Å². The molecule has 0 aliphatic heterocycles. The molecule has 0 N–H and O–H groups in total. The van der Waals surface area contributed by atoms with Gasteiger partial charge in [0.05, 0.1) is 13.8 Å². The molecule has 3 heteroatoms. The van der Waals surface area contributed by atoms with Gasteiger partial charge in [0, 0.05) is 31.9 Å². The molecule has 23 heavy (non-hydrogen) atoms. The molecule has 2 heterocycles. The molecule has 4 aromatic rings. The summed E-state index contributed by atoms with van der Waals surface area (Å²) < 4.78 is 2.73. The van der Waals surface area contributed by atoms with Crippen molar-refractivity contribution in [2.24, 2.45) is 0 Å². The Hall–Kier alpha value is -1.97. The van der Waals surface area contributed by atoms with E-state index in [9.17, 15) is 0 Å². The fourth-order valence-electron chi connectivity index (χ4n) is 2.99. The Morgan fingerprint density at radius 2 is 1.74 bits per heavy atom. The van der Waals surface area contributed by atoms with E-state index >= 15 is 0 Å². The van der Waals surface area contributed by atoms with E-state index in [0.29, 0.717) is 0 Å². The first-order valence-electron chi connectivity index (χ1n) is 7.91. The van der Waals surface area contributed by atoms with Crippen molar-refractivity contribution in [3.8, 4) is 11.3 Å². The van der Waals surface area contributed by atoms with Crippen molar-refractivity contribution in [3.63, 3.8) is 0 Å². The minimum atomic E-state index is -1.28. The van der Waals surface area contributed by atoms with E-state index in [4.69, 9.17) is 0 Å². The number of hydrogen-bond acceptors (Lipinski definition) is 2. The maximum Gasteiger partial charge on any atom is 0.0776 e. The molecule has 0 bridgehead atoms. The van der Waals surface area contributed by atoms with Crippen LogP contribution >= 0.6 is 11.3 Å². The molecule has 0 spiro atoms. The van der Waals surface area contributed by atoms with Gasteiger partial charge in [0.25, 0.3) is 0 Å². The van der Waals surface area contributed by atoms with Crippen molar-refractivity contribution in [1.82, 2.24) is 4.98 Å². The molecular formula is C20H19NSSi. The number of pyridine rings is 1. The molecule has 0 saturated heterocycles. The van der Waals surface area contributed by atoms with E-state index in [1.807, 2.05) is 23.6 Å². The molecule has 0 aliphatic carbocycles. The van der Waals surface area contributed by atoms with E-state index in [1.165, 1.54) is 30.9 Å². The van der Waals surface area contributed by atoms with E-state index in [0.717, 1.165) is 5.69 Å². The van der Waals surface area contributed by atoms with Crippen LogP contribution in [-0.4, -0.2) is 13.1 Å². The van der Waals surface area contributed by atoms with Gasteiger partial charge in [-0.3, -0.25) is 4.98 Å². The normalized spacial score (nSPS) is 12.1. The van der Waals surface area contributed by atoms with Crippen LogP contribution < -0.4 is 5.19 Å². The van der Waals surface area contributed by atoms with Crippen LogP contribution in [0.4, 0.5) is 0 Å². The van der Waals surface area contributed by atoms with Crippen LogP contribution in [0.3, 0.4) is 0 Å². The molecular weight excluding hydrogens is 314 g/mol. The second-order valence-electron chi connectivity index (χ2n) is 6.96. The molecule has 0 unspecified atom stereocenters. The highest BCUT2D eigenvalue weighted by molar-refractivity contribution is 7.26. The molecule has 0 aliphatic rings. The van der Waals surface area contributed by atoms with Crippen LogP contribution in [0, 0.1) is 0 Å². The molecule has 4 rings (SSSR count). The molecule has 2 aromatic heterocycles. The summed E-state index contributed by atoms with van der Waals surface area (Å²) in [7, 11) is -1.28. The zero-order chi connectivity index (χ0) is 16.0. The Morgan fingerprint density at radius 3 is 2.48 bits per heavy atom. The lowest BCUT2D eigenvalue weighted by Gasteiger charge is -2.16. The van der Waals surface area contributed by atoms with Gasteiger partial charge < -0.3 is 0 Å². The first kappa shape index (κ1) is 14.6. The molecule has 0 radical (unpaired) electrons. The number of rotatable bonds is 2. The number of hydrogen-bond donors (Lipinski definition) is 0. The minimum absolute atomic E-state index is 1.05. The Bertz CT molecular complexity index is 997. The van der Waals surface area contributed by atoms with Gasteiger partial charge in [-0.2, -0.15) is 0 Å². The Balaban J connectivity index is 2.01. The van der Waals surface area contributed by atoms with Crippen LogP contribution in [0.1, 0.15) is 0 Å². The monoisotopic (exact) mass is 333 g/mol. The van der Waals surface area contributed by atoms with Crippen molar-refractivity contribution >= 4 is 44.8 Å². The third-order valence-electron chi connectivity index (χ3n) is 4.31. The van der Waals surface area contributed by atoms with Crippen LogP contribution in [0.5, 0.6) is 0 Å². The van der Waals surface area contributed by atoms with Crippen molar-refractivity contribution in [2.75, 3.05) is 0 Å². The molecule has 0 amide bonds. The third-order valence-corrected chi connectivity index (χ3v) is 7.55. The minimum Gasteiger partial charge on any atom is -0.256 e. The topological polar surface area (TPSA) is 12.9 Å². The first-order valence-corrected chi connectivity index (χ1v) is 12.2. The van der Waals surface area contributed by atoms with Gasteiger partial charge >= 0.3 is 0 Å². The van der Waals surface area contributed by atoms with Gasteiger partial charge in [-0.25, -0.2) is 0 Å². The lowest BCUT2D eigenvalue weighted by Crippen LogP contribution is -2.37. The largest absolute Gasteiger partial charge is 0.256 e. The summed E-state index contributed by atoms with van der Waals surface area (Å²) in [6, 6.07) is 19.7. The standard InChI is InChI=1S/C20H19NSSi/c1-23(2,3)14-10-11-15-16-7-6-8-17(18-9-4-5-12-21-18)20(16)22-19(15)13-14/h4-13H,1-3H3. The summed E-state index contributed by atoms with van der Waals surface area (Å²) in [4.78, 5) is 4.54. The third kappa shape index (κ3) is 2.50. The lowest BCUT2D eigenvalue weighted by atomic mass is 10.1. The summed E-state index contributed by atoms with van der Waals surface area (Å²) in [5.41, 5.74) is 2.29. The van der Waals surface area contributed by atoms with Gasteiger partial charge in [-0.1, -0.05) is 61.2 Å². The number of benzene rings is 2. The Kier molecular flexibility index (Phi) is 3.36. The smallest absolute Gasteiger partial charge is 0.0776 e. The highest BCUT2D eigenvalue weighted by Crippen LogP contribution is 2.39. The zero-order valence-electron chi connectivity index (χ0n) is 13.6. The maximum atomic E-state index is 4.54. The summed E-state index contributed by atoms with van der Waals surface area (Å²) >= 11 is 1.90. The van der Waals surface area contributed by atoms with Crippen LogP contribution in [0.25, 0.3) is 31.4 Å². The average molecular weight is 334 g/mol. The summed E-state index contributed by atoms with van der Waals surface area (Å²) in [6.07, 6.45) is 1.87. The van der Waals surface area contributed by atoms with Gasteiger partial charge in [0.2, 0.25) is 0 Å². The molecule has 0 fully saturated rings. The second kappa shape index (κ2) is 5.29. The van der Waals surface area contributed by atoms with Gasteiger partial charge in [-0.15, -0.1) is 11.3 Å². The number of fused-ring (bicyclic) bond motifs is 3. The highest BCUT2D eigenvalue weighted by atomic mass is 32.1. The van der Waals surface area contributed by atoms with E-state index in [2.05, 4.69) is 73.2 Å². The predicted octanol–water partition coefficient (Wildman–Crippen LogP) is 5.66. The van der Waals surface area contributed by atoms with Gasteiger partial charge in [-0.05, 0) is 18.2 Å². The SMILES string of the molecule is C[Si](C)(C)c1ccc2c(c1)sc1c(-c3ccccn3)cccc12. The maximum absolute atomic E-state index is 4.54. The van der Waals surface area contributed by atoms with E-state index in [-0.39, 0.29) is 0 Å². The Morgan fingerprint density at radius 1 is 0.870 bits per heavy atom. The Labute approximate surface area is 141 Å². The number of nitrogens with zero attached hydrogens (tertiary/aromatic N) is 1. The van der Waals surface area contributed by atoms with Crippen LogP contribution in [0.2, 0.25) is 19.6 Å². The number of aromatic nitrogens is 1. The van der Waals surface area contributed by atoms with Crippen molar-refractivity contribution in [1.29, 1.82) is 0 Å². The summed E-state index contributed by atoms with van der Waals surface area (Å²) in [6.45, 7) is 7.21. The van der Waals surface area contributed by atoms with Crippen LogP contribution in [0.15, 0.2) is 60.8 Å². The molecule has 0 atom stereocenters. The van der Waals surface area contributed by atoms with Crippen molar-refractivity contribution in [2.45, 2.75) is 19.6 Å². The molecule has 2 aromatic carbocycles. The summed E-state index contributed by atoms with van der Waals surface area (Å²) in [5.74, 6) is 0. The second-order valence-corrected chi connectivity index (χ2v) is 13.1. The lowest BCUT2D eigenvalue weighted by molar-refractivity contribution is 1.33. The quantitative estimate of drug-likeness (QED) is 0.431. The zero-order valence-corrected chi connectivity index (χ0v) is 15.4. The molecule has 0 saturated carbocycles. The molecule has 114 valence electrons. The first-order chi connectivity index (χ1) is 11.0. The molecule has 1 nitrogen and oxygen atoms in total. The number of thiophene rings is 1. The average Bonchev–Trinajstić information content (AvgIpc) is 2.92. The van der Waals surface area contributed by atoms with Crippen molar-refractivity contribution < 1.29 is 0 Å².